The average molecular weight is 412 g/mol. The van der Waals surface area contributed by atoms with Crippen LogP contribution < -0.4 is 5.32 Å². The number of ether oxygens (including phenoxy) is 1. The lowest BCUT2D eigenvalue weighted by Gasteiger charge is -2.33. The first-order chi connectivity index (χ1) is 14.6. The first-order valence-electron chi connectivity index (χ1n) is 10.7. The number of hydrogen-bond acceptors (Lipinski definition) is 5. The van der Waals surface area contributed by atoms with E-state index in [0.717, 1.165) is 36.9 Å². The van der Waals surface area contributed by atoms with Crippen LogP contribution in [0.25, 0.3) is 11.3 Å². The SMILES string of the molecule is COC1CCC(NC(=O)C2CCN(C(=O)c3cc(-c4ccncc4)n[nH]3)CC2)CC1. The molecular formula is C22H29N5O3. The summed E-state index contributed by atoms with van der Waals surface area (Å²) in [7, 11) is 1.75. The number of likely N-dealkylation sites (tertiary alicyclic amines) is 1. The third-order valence-electron chi connectivity index (χ3n) is 6.29. The number of pyridine rings is 1. The molecule has 1 saturated heterocycles. The van der Waals surface area contributed by atoms with Crippen LogP contribution in [0.5, 0.6) is 0 Å². The summed E-state index contributed by atoms with van der Waals surface area (Å²) in [5.74, 6) is 0.0346. The van der Waals surface area contributed by atoms with Crippen LogP contribution in [-0.4, -0.2) is 64.2 Å². The number of carbonyl (C=O) groups is 2. The van der Waals surface area contributed by atoms with Crippen molar-refractivity contribution in [1.82, 2.24) is 25.4 Å². The molecule has 0 atom stereocenters. The van der Waals surface area contributed by atoms with Crippen LogP contribution in [0.1, 0.15) is 49.0 Å². The predicted octanol–water partition coefficient (Wildman–Crippen LogP) is 2.40. The van der Waals surface area contributed by atoms with E-state index in [-0.39, 0.29) is 23.8 Å². The van der Waals surface area contributed by atoms with Crippen molar-refractivity contribution in [3.05, 3.63) is 36.3 Å². The zero-order valence-corrected chi connectivity index (χ0v) is 17.3. The molecule has 0 spiro atoms. The number of H-pyrrole nitrogens is 1. The minimum absolute atomic E-state index is 0.0247. The van der Waals surface area contributed by atoms with Gasteiger partial charge in [0, 0.05) is 50.1 Å². The van der Waals surface area contributed by atoms with Crippen molar-refractivity contribution in [2.45, 2.75) is 50.7 Å². The van der Waals surface area contributed by atoms with Gasteiger partial charge in [-0.3, -0.25) is 19.7 Å². The molecule has 1 aliphatic heterocycles. The first kappa shape index (κ1) is 20.5. The highest BCUT2D eigenvalue weighted by Crippen LogP contribution is 2.24. The van der Waals surface area contributed by atoms with E-state index >= 15 is 0 Å². The summed E-state index contributed by atoms with van der Waals surface area (Å²) in [6.45, 7) is 1.16. The van der Waals surface area contributed by atoms with E-state index in [9.17, 15) is 9.59 Å². The number of carbonyl (C=O) groups excluding carboxylic acids is 2. The van der Waals surface area contributed by atoms with Crippen molar-refractivity contribution in [2.24, 2.45) is 5.92 Å². The Morgan fingerprint density at radius 2 is 1.80 bits per heavy atom. The lowest BCUT2D eigenvalue weighted by atomic mass is 9.91. The highest BCUT2D eigenvalue weighted by atomic mass is 16.5. The summed E-state index contributed by atoms with van der Waals surface area (Å²) in [4.78, 5) is 31.3. The number of rotatable bonds is 5. The average Bonchev–Trinajstić information content (AvgIpc) is 3.30. The lowest BCUT2D eigenvalue weighted by molar-refractivity contribution is -0.127. The fourth-order valence-corrected chi connectivity index (χ4v) is 4.38. The maximum atomic E-state index is 12.8. The Morgan fingerprint density at radius 3 is 2.47 bits per heavy atom. The van der Waals surface area contributed by atoms with Crippen molar-refractivity contribution in [1.29, 1.82) is 0 Å². The van der Waals surface area contributed by atoms with Gasteiger partial charge in [-0.2, -0.15) is 5.10 Å². The Bertz CT molecular complexity index is 853. The molecule has 3 heterocycles. The number of amides is 2. The van der Waals surface area contributed by atoms with Crippen LogP contribution >= 0.6 is 0 Å². The molecule has 4 rings (SSSR count). The molecule has 8 nitrogen and oxygen atoms in total. The molecule has 0 radical (unpaired) electrons. The Hall–Kier alpha value is -2.74. The fraction of sp³-hybridized carbons (Fsp3) is 0.545. The number of aromatic amines is 1. The fourth-order valence-electron chi connectivity index (χ4n) is 4.38. The molecule has 2 aromatic heterocycles. The Morgan fingerprint density at radius 1 is 1.10 bits per heavy atom. The van der Waals surface area contributed by atoms with Crippen LogP contribution in [0.3, 0.4) is 0 Å². The summed E-state index contributed by atoms with van der Waals surface area (Å²) in [5.41, 5.74) is 2.10. The van der Waals surface area contributed by atoms with Gasteiger partial charge in [0.2, 0.25) is 5.91 Å². The highest BCUT2D eigenvalue weighted by Gasteiger charge is 2.30. The van der Waals surface area contributed by atoms with E-state index in [4.69, 9.17) is 4.74 Å². The van der Waals surface area contributed by atoms with E-state index < -0.39 is 0 Å². The van der Waals surface area contributed by atoms with Gasteiger partial charge in [0.05, 0.1) is 11.8 Å². The smallest absolute Gasteiger partial charge is 0.271 e. The van der Waals surface area contributed by atoms with Crippen LogP contribution in [0, 0.1) is 5.92 Å². The molecule has 1 saturated carbocycles. The van der Waals surface area contributed by atoms with Crippen LogP contribution in [0.2, 0.25) is 0 Å². The number of piperidine rings is 1. The second-order valence-corrected chi connectivity index (χ2v) is 8.19. The van der Waals surface area contributed by atoms with Gasteiger partial charge >= 0.3 is 0 Å². The molecule has 1 aliphatic carbocycles. The van der Waals surface area contributed by atoms with Crippen LogP contribution in [-0.2, 0) is 9.53 Å². The van der Waals surface area contributed by atoms with Crippen molar-refractivity contribution in [3.63, 3.8) is 0 Å². The normalized spacial score (nSPS) is 22.6. The van der Waals surface area contributed by atoms with Crippen molar-refractivity contribution in [2.75, 3.05) is 20.2 Å². The topological polar surface area (TPSA) is 100 Å². The predicted molar refractivity (Wildman–Crippen MR) is 112 cm³/mol. The van der Waals surface area contributed by atoms with Crippen molar-refractivity contribution >= 4 is 11.8 Å². The Balaban J connectivity index is 1.27. The third kappa shape index (κ3) is 4.70. The Labute approximate surface area is 176 Å². The minimum Gasteiger partial charge on any atom is -0.381 e. The minimum atomic E-state index is -0.0699. The second kappa shape index (κ2) is 9.38. The van der Waals surface area contributed by atoms with Gasteiger partial charge in [0.1, 0.15) is 5.69 Å². The highest BCUT2D eigenvalue weighted by molar-refractivity contribution is 5.93. The number of aromatic nitrogens is 3. The van der Waals surface area contributed by atoms with Crippen molar-refractivity contribution in [3.8, 4) is 11.3 Å². The van der Waals surface area contributed by atoms with Gasteiger partial charge in [-0.15, -0.1) is 0 Å². The van der Waals surface area contributed by atoms with E-state index in [2.05, 4.69) is 20.5 Å². The second-order valence-electron chi connectivity index (χ2n) is 8.19. The summed E-state index contributed by atoms with van der Waals surface area (Å²) >= 11 is 0. The van der Waals surface area contributed by atoms with Gasteiger partial charge in [-0.1, -0.05) is 0 Å². The maximum Gasteiger partial charge on any atom is 0.271 e. The van der Waals surface area contributed by atoms with Crippen LogP contribution in [0.15, 0.2) is 30.6 Å². The van der Waals surface area contributed by atoms with Crippen LogP contribution in [0.4, 0.5) is 0 Å². The molecular weight excluding hydrogens is 382 g/mol. The molecule has 160 valence electrons. The monoisotopic (exact) mass is 411 g/mol. The standard InChI is InChI=1S/C22H29N5O3/c1-30-18-4-2-17(3-5-18)24-21(28)16-8-12-27(13-9-16)22(29)20-14-19(25-26-20)15-6-10-23-11-7-15/h6-7,10-11,14,16-18H,2-5,8-9,12-13H2,1H3,(H,24,28)(H,25,26). The Kier molecular flexibility index (Phi) is 6.42. The largest absolute Gasteiger partial charge is 0.381 e. The number of nitrogens with zero attached hydrogens (tertiary/aromatic N) is 3. The molecule has 2 aliphatic rings. The molecule has 2 N–H and O–H groups in total. The quantitative estimate of drug-likeness (QED) is 0.787. The summed E-state index contributed by atoms with van der Waals surface area (Å²) in [6, 6.07) is 5.74. The zero-order valence-electron chi connectivity index (χ0n) is 17.3. The molecule has 8 heteroatoms. The molecule has 0 aromatic carbocycles. The van der Waals surface area contributed by atoms with E-state index in [0.29, 0.717) is 37.7 Å². The molecule has 0 unspecified atom stereocenters. The summed E-state index contributed by atoms with van der Waals surface area (Å²) in [5, 5.41) is 10.3. The van der Waals surface area contributed by atoms with Gasteiger partial charge in [-0.05, 0) is 56.7 Å². The lowest BCUT2D eigenvalue weighted by Crippen LogP contribution is -2.46. The summed E-state index contributed by atoms with van der Waals surface area (Å²) < 4.78 is 5.40. The number of hydrogen-bond donors (Lipinski definition) is 2. The molecule has 30 heavy (non-hydrogen) atoms. The van der Waals surface area contributed by atoms with Gasteiger partial charge in [0.15, 0.2) is 0 Å². The molecule has 2 aromatic rings. The molecule has 0 bridgehead atoms. The summed E-state index contributed by atoms with van der Waals surface area (Å²) in [6.07, 6.45) is 9.05. The van der Waals surface area contributed by atoms with E-state index in [1.54, 1.807) is 30.5 Å². The van der Waals surface area contributed by atoms with Crippen molar-refractivity contribution < 1.29 is 14.3 Å². The van der Waals surface area contributed by atoms with Gasteiger partial charge < -0.3 is 15.0 Å². The molecule has 2 amide bonds. The van der Waals surface area contributed by atoms with Gasteiger partial charge in [-0.25, -0.2) is 0 Å². The zero-order chi connectivity index (χ0) is 20.9. The first-order valence-corrected chi connectivity index (χ1v) is 10.7. The maximum absolute atomic E-state index is 12.8. The number of methoxy groups -OCH3 is 1. The van der Waals surface area contributed by atoms with Gasteiger partial charge in [0.25, 0.3) is 5.91 Å². The molecule has 2 fully saturated rings. The van der Waals surface area contributed by atoms with E-state index in [1.165, 1.54) is 0 Å². The third-order valence-corrected chi connectivity index (χ3v) is 6.29. The van der Waals surface area contributed by atoms with E-state index in [1.807, 2.05) is 12.1 Å². The number of nitrogens with one attached hydrogen (secondary N) is 2.